The van der Waals surface area contributed by atoms with E-state index < -0.39 is 5.97 Å². The van der Waals surface area contributed by atoms with Crippen molar-refractivity contribution in [2.45, 2.75) is 25.7 Å². The van der Waals surface area contributed by atoms with Gasteiger partial charge in [0.2, 0.25) is 5.91 Å². The lowest BCUT2D eigenvalue weighted by Gasteiger charge is -2.32. The van der Waals surface area contributed by atoms with Gasteiger partial charge in [-0.2, -0.15) is 0 Å². The number of benzene rings is 1. The van der Waals surface area contributed by atoms with Crippen LogP contribution in [0.25, 0.3) is 0 Å². The highest BCUT2D eigenvalue weighted by Crippen LogP contribution is 2.20. The van der Waals surface area contributed by atoms with Gasteiger partial charge >= 0.3 is 5.97 Å². The van der Waals surface area contributed by atoms with E-state index >= 15 is 0 Å². The van der Waals surface area contributed by atoms with Crippen molar-refractivity contribution in [2.75, 3.05) is 32.8 Å². The summed E-state index contributed by atoms with van der Waals surface area (Å²) in [4.78, 5) is 24.8. The number of halogens is 1. The van der Waals surface area contributed by atoms with E-state index in [0.717, 1.165) is 25.9 Å². The lowest BCUT2D eigenvalue weighted by Crippen LogP contribution is -2.43. The lowest BCUT2D eigenvalue weighted by molar-refractivity contribution is -0.137. The van der Waals surface area contributed by atoms with Gasteiger partial charge < -0.3 is 15.2 Å². The Labute approximate surface area is 153 Å². The van der Waals surface area contributed by atoms with Crippen LogP contribution in [0.5, 0.6) is 5.75 Å². The van der Waals surface area contributed by atoms with Gasteiger partial charge in [-0.05, 0) is 49.9 Å². The normalized spacial score (nSPS) is 17.9. The average molecular weight is 369 g/mol. The van der Waals surface area contributed by atoms with Gasteiger partial charge in [-0.15, -0.1) is 0 Å². The molecule has 6 nitrogen and oxygen atoms in total. The molecule has 1 atom stereocenters. The van der Waals surface area contributed by atoms with Crippen LogP contribution < -0.4 is 10.1 Å². The second-order valence-electron chi connectivity index (χ2n) is 6.33. The molecule has 2 N–H and O–H groups in total. The Morgan fingerprint density at radius 1 is 1.40 bits per heavy atom. The van der Waals surface area contributed by atoms with Crippen molar-refractivity contribution >= 4 is 23.5 Å². The average Bonchev–Trinajstić information content (AvgIpc) is 2.57. The smallest absolute Gasteiger partial charge is 0.303 e. The zero-order valence-electron chi connectivity index (χ0n) is 14.2. The quantitative estimate of drug-likeness (QED) is 0.654. The van der Waals surface area contributed by atoms with Crippen LogP contribution in [0.1, 0.15) is 25.7 Å². The fourth-order valence-electron chi connectivity index (χ4n) is 3.03. The molecule has 1 amide bonds. The fourth-order valence-corrected chi connectivity index (χ4v) is 3.21. The maximum absolute atomic E-state index is 12.0. The van der Waals surface area contributed by atoms with Gasteiger partial charge in [0.1, 0.15) is 12.4 Å². The Morgan fingerprint density at radius 3 is 3.00 bits per heavy atom. The zero-order chi connectivity index (χ0) is 18.1. The summed E-state index contributed by atoms with van der Waals surface area (Å²) in [5.41, 5.74) is 0. The number of likely N-dealkylation sites (tertiary alicyclic amines) is 1. The Balaban J connectivity index is 1.61. The van der Waals surface area contributed by atoms with E-state index in [1.54, 1.807) is 12.1 Å². The number of nitrogens with one attached hydrogen (secondary N) is 1. The SMILES string of the molecule is O=C(O)CCC1CCCN(CC(=O)NCCOc2cccc(Cl)c2)C1. The summed E-state index contributed by atoms with van der Waals surface area (Å²) in [5, 5.41) is 12.2. The van der Waals surface area contributed by atoms with Crippen LogP contribution in [0.4, 0.5) is 0 Å². The number of aliphatic carboxylic acids is 1. The van der Waals surface area contributed by atoms with Crippen LogP contribution in [0.2, 0.25) is 5.02 Å². The number of carboxylic acids is 1. The summed E-state index contributed by atoms with van der Waals surface area (Å²) in [7, 11) is 0. The summed E-state index contributed by atoms with van der Waals surface area (Å²) in [5.74, 6) is 0.256. The maximum atomic E-state index is 12.0. The van der Waals surface area contributed by atoms with Crippen molar-refractivity contribution in [2.24, 2.45) is 5.92 Å². The molecule has 0 bridgehead atoms. The molecule has 1 saturated heterocycles. The van der Waals surface area contributed by atoms with Gasteiger partial charge in [0, 0.05) is 18.0 Å². The first-order chi connectivity index (χ1) is 12.0. The van der Waals surface area contributed by atoms with Gasteiger partial charge in [-0.3, -0.25) is 14.5 Å². The van der Waals surface area contributed by atoms with Gasteiger partial charge in [0.05, 0.1) is 13.1 Å². The van der Waals surface area contributed by atoms with Gasteiger partial charge in [0.15, 0.2) is 0 Å². The molecule has 1 aliphatic heterocycles. The number of amides is 1. The monoisotopic (exact) mass is 368 g/mol. The highest BCUT2D eigenvalue weighted by molar-refractivity contribution is 6.30. The van der Waals surface area contributed by atoms with Gasteiger partial charge in [-0.25, -0.2) is 0 Å². The maximum Gasteiger partial charge on any atom is 0.303 e. The molecule has 1 aliphatic rings. The summed E-state index contributed by atoms with van der Waals surface area (Å²) in [6, 6.07) is 7.14. The molecule has 0 aliphatic carbocycles. The number of hydrogen-bond acceptors (Lipinski definition) is 4. The van der Waals surface area contributed by atoms with Crippen molar-refractivity contribution in [3.8, 4) is 5.75 Å². The Morgan fingerprint density at radius 2 is 2.24 bits per heavy atom. The molecule has 1 unspecified atom stereocenters. The van der Waals surface area contributed by atoms with Crippen molar-refractivity contribution in [1.29, 1.82) is 0 Å². The molecule has 1 aromatic rings. The second-order valence-corrected chi connectivity index (χ2v) is 6.77. The Kier molecular flexibility index (Phi) is 8.01. The highest BCUT2D eigenvalue weighted by Gasteiger charge is 2.21. The number of carboxylic acid groups (broad SMARTS) is 1. The number of nitrogens with zero attached hydrogens (tertiary/aromatic N) is 1. The van der Waals surface area contributed by atoms with E-state index in [0.29, 0.717) is 42.8 Å². The lowest BCUT2D eigenvalue weighted by atomic mass is 9.93. The molecular formula is C18H25ClN2O4. The Hall–Kier alpha value is -1.79. The summed E-state index contributed by atoms with van der Waals surface area (Å²) >= 11 is 5.88. The molecular weight excluding hydrogens is 344 g/mol. The molecule has 0 spiro atoms. The molecule has 0 aromatic heterocycles. The first-order valence-electron chi connectivity index (χ1n) is 8.62. The van der Waals surface area contributed by atoms with E-state index in [1.165, 1.54) is 0 Å². The Bertz CT molecular complexity index is 582. The number of carbonyl (C=O) groups excluding carboxylic acids is 1. The predicted molar refractivity (Wildman–Crippen MR) is 96.0 cm³/mol. The third kappa shape index (κ3) is 7.75. The summed E-state index contributed by atoms with van der Waals surface area (Å²) in [6.07, 6.45) is 2.93. The van der Waals surface area contributed by atoms with E-state index in [-0.39, 0.29) is 12.3 Å². The predicted octanol–water partition coefficient (Wildman–Crippen LogP) is 2.41. The molecule has 0 saturated carbocycles. The van der Waals surface area contributed by atoms with Crippen molar-refractivity contribution in [3.05, 3.63) is 29.3 Å². The van der Waals surface area contributed by atoms with Crippen molar-refractivity contribution in [1.82, 2.24) is 10.2 Å². The minimum Gasteiger partial charge on any atom is -0.492 e. The minimum absolute atomic E-state index is 0.0337. The largest absolute Gasteiger partial charge is 0.492 e. The number of rotatable bonds is 9. The molecule has 1 aromatic carbocycles. The van der Waals surface area contributed by atoms with Crippen molar-refractivity contribution in [3.63, 3.8) is 0 Å². The van der Waals surface area contributed by atoms with Crippen LogP contribution in [0.3, 0.4) is 0 Å². The summed E-state index contributed by atoms with van der Waals surface area (Å²) in [6.45, 7) is 2.84. The molecule has 138 valence electrons. The van der Waals surface area contributed by atoms with Gasteiger partial charge in [-0.1, -0.05) is 17.7 Å². The molecule has 1 heterocycles. The van der Waals surface area contributed by atoms with E-state index in [2.05, 4.69) is 10.2 Å². The summed E-state index contributed by atoms with van der Waals surface area (Å²) < 4.78 is 5.53. The van der Waals surface area contributed by atoms with Crippen molar-refractivity contribution < 1.29 is 19.4 Å². The molecule has 1 fully saturated rings. The first-order valence-corrected chi connectivity index (χ1v) is 9.00. The van der Waals surface area contributed by atoms with E-state index in [9.17, 15) is 9.59 Å². The van der Waals surface area contributed by atoms with Gasteiger partial charge in [0.25, 0.3) is 0 Å². The van der Waals surface area contributed by atoms with Crippen LogP contribution in [0.15, 0.2) is 24.3 Å². The fraction of sp³-hybridized carbons (Fsp3) is 0.556. The van der Waals surface area contributed by atoms with Crippen LogP contribution >= 0.6 is 11.6 Å². The third-order valence-corrected chi connectivity index (χ3v) is 4.46. The first kappa shape index (κ1) is 19.5. The third-order valence-electron chi connectivity index (χ3n) is 4.23. The van der Waals surface area contributed by atoms with E-state index in [1.807, 2.05) is 12.1 Å². The number of ether oxygens (including phenoxy) is 1. The molecule has 25 heavy (non-hydrogen) atoms. The minimum atomic E-state index is -0.755. The van der Waals surface area contributed by atoms with E-state index in [4.69, 9.17) is 21.4 Å². The molecule has 2 rings (SSSR count). The van der Waals surface area contributed by atoms with Crippen LogP contribution in [-0.4, -0.2) is 54.7 Å². The zero-order valence-corrected chi connectivity index (χ0v) is 15.0. The number of piperidine rings is 1. The highest BCUT2D eigenvalue weighted by atomic mass is 35.5. The molecule has 0 radical (unpaired) electrons. The number of carbonyl (C=O) groups is 2. The number of hydrogen-bond donors (Lipinski definition) is 2. The van der Waals surface area contributed by atoms with Crippen LogP contribution in [-0.2, 0) is 9.59 Å². The standard InChI is InChI=1S/C18H25ClN2O4/c19-15-4-1-5-16(11-15)25-10-8-20-17(22)13-21-9-2-3-14(12-21)6-7-18(23)24/h1,4-5,11,14H,2-3,6-10,12-13H2,(H,20,22)(H,23,24). The topological polar surface area (TPSA) is 78.9 Å². The van der Waals surface area contributed by atoms with Crippen LogP contribution in [0, 0.1) is 5.92 Å². The molecule has 7 heteroatoms. The second kappa shape index (κ2) is 10.3.